The molecule has 0 aromatic carbocycles. The number of nitrogens with zero attached hydrogens (tertiary/aromatic N) is 2. The molecule has 6 nitrogen and oxygen atoms in total. The third-order valence-corrected chi connectivity index (χ3v) is 7.88. The summed E-state index contributed by atoms with van der Waals surface area (Å²) in [4.78, 5) is 33.3. The van der Waals surface area contributed by atoms with Gasteiger partial charge in [0.25, 0.3) is 11.8 Å². The Hall–Kier alpha value is -2.58. The van der Waals surface area contributed by atoms with E-state index in [-0.39, 0.29) is 17.7 Å². The first kappa shape index (κ1) is 23.6. The molecule has 0 saturated carbocycles. The Kier molecular flexibility index (Phi) is 7.88. The molecule has 8 heteroatoms. The number of pyridine rings is 1. The number of furan rings is 1. The van der Waals surface area contributed by atoms with Crippen LogP contribution in [-0.2, 0) is 5.75 Å². The van der Waals surface area contributed by atoms with Crippen LogP contribution >= 0.6 is 23.1 Å². The van der Waals surface area contributed by atoms with Crippen LogP contribution in [0.25, 0.3) is 0 Å². The Morgan fingerprint density at radius 1 is 1.21 bits per heavy atom. The van der Waals surface area contributed by atoms with Gasteiger partial charge in [-0.2, -0.15) is 11.8 Å². The van der Waals surface area contributed by atoms with Crippen molar-refractivity contribution in [3.8, 4) is 0 Å². The van der Waals surface area contributed by atoms with Crippen molar-refractivity contribution in [3.63, 3.8) is 0 Å². The quantitative estimate of drug-likeness (QED) is 0.455. The summed E-state index contributed by atoms with van der Waals surface area (Å²) >= 11 is 3.23. The SMILES string of the molecule is Cc1ccc(C(=O)NCCSCc2ccco2)c(C2CCN(C(=O)c3sccc3C)CC2)n1. The van der Waals surface area contributed by atoms with Gasteiger partial charge in [-0.3, -0.25) is 14.6 Å². The summed E-state index contributed by atoms with van der Waals surface area (Å²) in [5.41, 5.74) is 3.45. The van der Waals surface area contributed by atoms with Gasteiger partial charge in [-0.25, -0.2) is 0 Å². The smallest absolute Gasteiger partial charge is 0.264 e. The highest BCUT2D eigenvalue weighted by molar-refractivity contribution is 7.98. The molecule has 0 aliphatic carbocycles. The first-order valence-electron chi connectivity index (χ1n) is 11.2. The Bertz CT molecular complexity index is 1090. The Balaban J connectivity index is 1.33. The van der Waals surface area contributed by atoms with Gasteiger partial charge in [0, 0.05) is 37.0 Å². The molecule has 0 atom stereocenters. The van der Waals surface area contributed by atoms with Gasteiger partial charge in [-0.05, 0) is 68.0 Å². The summed E-state index contributed by atoms with van der Waals surface area (Å²) in [5.74, 6) is 2.75. The minimum absolute atomic E-state index is 0.0798. The zero-order chi connectivity index (χ0) is 23.2. The minimum atomic E-state index is -0.0798. The highest BCUT2D eigenvalue weighted by Crippen LogP contribution is 2.31. The molecule has 0 bridgehead atoms. The Morgan fingerprint density at radius 3 is 2.73 bits per heavy atom. The number of hydrogen-bond acceptors (Lipinski definition) is 6. The van der Waals surface area contributed by atoms with Gasteiger partial charge in [-0.1, -0.05) is 0 Å². The summed E-state index contributed by atoms with van der Waals surface area (Å²) in [5, 5.41) is 5.00. The minimum Gasteiger partial charge on any atom is -0.468 e. The third-order valence-electron chi connectivity index (χ3n) is 5.89. The second-order valence-electron chi connectivity index (χ2n) is 8.27. The van der Waals surface area contributed by atoms with Crippen molar-refractivity contribution < 1.29 is 14.0 Å². The normalized spacial score (nSPS) is 14.4. The molecule has 1 saturated heterocycles. The van der Waals surface area contributed by atoms with Gasteiger partial charge in [-0.15, -0.1) is 11.3 Å². The van der Waals surface area contributed by atoms with Gasteiger partial charge in [0.15, 0.2) is 0 Å². The molecule has 0 radical (unpaired) electrons. The number of aromatic nitrogens is 1. The van der Waals surface area contributed by atoms with Crippen molar-refractivity contribution in [1.29, 1.82) is 0 Å². The van der Waals surface area contributed by atoms with Crippen molar-refractivity contribution in [2.45, 2.75) is 38.4 Å². The molecule has 0 unspecified atom stereocenters. The number of thioether (sulfide) groups is 1. The molecule has 4 rings (SSSR count). The number of carbonyl (C=O) groups excluding carboxylic acids is 2. The maximum absolute atomic E-state index is 12.9. The second kappa shape index (κ2) is 11.0. The molecule has 1 aliphatic heterocycles. The van der Waals surface area contributed by atoms with Crippen LogP contribution in [0.2, 0.25) is 0 Å². The van der Waals surface area contributed by atoms with E-state index in [2.05, 4.69) is 5.32 Å². The Morgan fingerprint density at radius 2 is 2.03 bits per heavy atom. The number of amides is 2. The first-order chi connectivity index (χ1) is 16.0. The zero-order valence-electron chi connectivity index (χ0n) is 19.0. The molecule has 2 amide bonds. The standard InChI is InChI=1S/C25H29N3O3S2/c1-17-9-14-33-23(17)25(30)28-11-7-19(8-12-28)22-21(6-5-18(2)27-22)24(29)26-10-15-32-16-20-4-3-13-31-20/h3-6,9,13-14,19H,7-8,10-12,15-16H2,1-2H3,(H,26,29). The molecular formula is C25H29N3O3S2. The molecule has 1 N–H and O–H groups in total. The molecule has 3 aromatic heterocycles. The topological polar surface area (TPSA) is 75.4 Å². The summed E-state index contributed by atoms with van der Waals surface area (Å²) in [6.07, 6.45) is 3.30. The maximum Gasteiger partial charge on any atom is 0.264 e. The van der Waals surface area contributed by atoms with E-state index in [4.69, 9.17) is 9.40 Å². The number of carbonyl (C=O) groups is 2. The molecule has 4 heterocycles. The van der Waals surface area contributed by atoms with Crippen molar-refractivity contribution in [1.82, 2.24) is 15.2 Å². The molecular weight excluding hydrogens is 454 g/mol. The van der Waals surface area contributed by atoms with Crippen molar-refractivity contribution in [2.75, 3.05) is 25.4 Å². The van der Waals surface area contributed by atoms with E-state index in [9.17, 15) is 9.59 Å². The van der Waals surface area contributed by atoms with Crippen LogP contribution < -0.4 is 5.32 Å². The fraction of sp³-hybridized carbons (Fsp3) is 0.400. The largest absolute Gasteiger partial charge is 0.468 e. The van der Waals surface area contributed by atoms with Crippen LogP contribution in [0.5, 0.6) is 0 Å². The number of thiophene rings is 1. The number of nitrogens with one attached hydrogen (secondary N) is 1. The zero-order valence-corrected chi connectivity index (χ0v) is 20.6. The first-order valence-corrected chi connectivity index (χ1v) is 13.3. The lowest BCUT2D eigenvalue weighted by Gasteiger charge is -2.32. The van der Waals surface area contributed by atoms with E-state index < -0.39 is 0 Å². The highest BCUT2D eigenvalue weighted by atomic mass is 32.2. The molecule has 1 aliphatic rings. The summed E-state index contributed by atoms with van der Waals surface area (Å²) in [6.45, 7) is 5.88. The number of aryl methyl sites for hydroxylation is 2. The average Bonchev–Trinajstić information content (AvgIpc) is 3.50. The van der Waals surface area contributed by atoms with Gasteiger partial charge in [0.1, 0.15) is 5.76 Å². The van der Waals surface area contributed by atoms with E-state index in [1.54, 1.807) is 18.0 Å². The summed E-state index contributed by atoms with van der Waals surface area (Å²) < 4.78 is 5.33. The maximum atomic E-state index is 12.9. The number of likely N-dealkylation sites (tertiary alicyclic amines) is 1. The summed E-state index contributed by atoms with van der Waals surface area (Å²) in [7, 11) is 0. The monoisotopic (exact) mass is 483 g/mol. The van der Waals surface area contributed by atoms with Crippen molar-refractivity contribution >= 4 is 34.9 Å². The van der Waals surface area contributed by atoms with Crippen LogP contribution in [0.1, 0.15) is 61.5 Å². The number of rotatable bonds is 8. The van der Waals surface area contributed by atoms with Crippen molar-refractivity contribution in [3.05, 3.63) is 75.1 Å². The lowest BCUT2D eigenvalue weighted by atomic mass is 9.89. The van der Waals surface area contributed by atoms with Crippen LogP contribution in [0.4, 0.5) is 0 Å². The van der Waals surface area contributed by atoms with E-state index >= 15 is 0 Å². The van der Waals surface area contributed by atoms with Gasteiger partial charge in [0.2, 0.25) is 0 Å². The van der Waals surface area contributed by atoms with Crippen LogP contribution in [-0.4, -0.2) is 47.1 Å². The summed E-state index contributed by atoms with van der Waals surface area (Å²) in [6, 6.07) is 9.60. The van der Waals surface area contributed by atoms with E-state index in [1.807, 2.05) is 54.5 Å². The predicted molar refractivity (Wildman–Crippen MR) is 133 cm³/mol. The van der Waals surface area contributed by atoms with Crippen LogP contribution in [0, 0.1) is 13.8 Å². The van der Waals surface area contributed by atoms with Crippen molar-refractivity contribution in [2.24, 2.45) is 0 Å². The van der Waals surface area contributed by atoms with Gasteiger partial charge in [0.05, 0.1) is 28.2 Å². The van der Waals surface area contributed by atoms with Gasteiger partial charge >= 0.3 is 0 Å². The number of hydrogen-bond donors (Lipinski definition) is 1. The average molecular weight is 484 g/mol. The number of piperidine rings is 1. The lowest BCUT2D eigenvalue weighted by molar-refractivity contribution is 0.0714. The fourth-order valence-corrected chi connectivity index (χ4v) is 5.72. The molecule has 3 aromatic rings. The van der Waals surface area contributed by atoms with E-state index in [0.29, 0.717) is 25.2 Å². The van der Waals surface area contributed by atoms with E-state index in [0.717, 1.165) is 51.9 Å². The Labute approximate surface area is 202 Å². The van der Waals surface area contributed by atoms with Crippen LogP contribution in [0.3, 0.4) is 0 Å². The second-order valence-corrected chi connectivity index (χ2v) is 10.3. The highest BCUT2D eigenvalue weighted by Gasteiger charge is 2.29. The van der Waals surface area contributed by atoms with Crippen LogP contribution in [0.15, 0.2) is 46.4 Å². The predicted octanol–water partition coefficient (Wildman–Crippen LogP) is 5.04. The van der Waals surface area contributed by atoms with E-state index in [1.165, 1.54) is 11.3 Å². The van der Waals surface area contributed by atoms with Gasteiger partial charge < -0.3 is 14.6 Å². The third kappa shape index (κ3) is 5.86. The molecule has 1 fully saturated rings. The fourth-order valence-electron chi connectivity index (χ4n) is 4.07. The molecule has 174 valence electrons. The molecule has 0 spiro atoms. The molecule has 33 heavy (non-hydrogen) atoms. The lowest BCUT2D eigenvalue weighted by Crippen LogP contribution is -2.38.